The van der Waals surface area contributed by atoms with Crippen LogP contribution in [0.2, 0.25) is 0 Å². The summed E-state index contributed by atoms with van der Waals surface area (Å²) in [6.45, 7) is 0.392. The first-order valence-electron chi connectivity index (χ1n) is 9.53. The van der Waals surface area contributed by atoms with E-state index in [1.54, 1.807) is 6.07 Å². The van der Waals surface area contributed by atoms with Gasteiger partial charge in [0, 0.05) is 18.7 Å². The van der Waals surface area contributed by atoms with Crippen LogP contribution in [0.5, 0.6) is 5.75 Å². The number of hydrogen-bond donors (Lipinski definition) is 0. The van der Waals surface area contributed by atoms with Crippen LogP contribution in [-0.4, -0.2) is 25.9 Å². The number of ether oxygens (including phenoxy) is 1. The minimum Gasteiger partial charge on any atom is -0.423 e. The van der Waals surface area contributed by atoms with Crippen LogP contribution in [0.25, 0.3) is 0 Å². The second-order valence-corrected chi connectivity index (χ2v) is 8.84. The van der Waals surface area contributed by atoms with E-state index in [1.807, 2.05) is 18.2 Å². The molecule has 0 atom stereocenters. The van der Waals surface area contributed by atoms with Crippen LogP contribution in [0.3, 0.4) is 0 Å². The monoisotopic (exact) mass is 438 g/mol. The van der Waals surface area contributed by atoms with Crippen molar-refractivity contribution in [2.24, 2.45) is 0 Å². The molecule has 0 aromatic heterocycles. The predicted octanol–water partition coefficient (Wildman–Crippen LogP) is 3.96. The zero-order valence-electron chi connectivity index (χ0n) is 16.3. The number of nitrogens with zero attached hydrogens (tertiary/aromatic N) is 2. The van der Waals surface area contributed by atoms with Gasteiger partial charge in [-0.2, -0.15) is 0 Å². The maximum atomic E-state index is 13.2. The summed E-state index contributed by atoms with van der Waals surface area (Å²) in [6, 6.07) is 18.0. The van der Waals surface area contributed by atoms with Gasteiger partial charge in [0.15, 0.2) is 0 Å². The van der Waals surface area contributed by atoms with Crippen molar-refractivity contribution in [3.05, 3.63) is 94.0 Å². The summed E-state index contributed by atoms with van der Waals surface area (Å²) in [5, 5.41) is 10.7. The Balaban J connectivity index is 1.52. The van der Waals surface area contributed by atoms with Gasteiger partial charge in [0.25, 0.3) is 15.7 Å². The van der Waals surface area contributed by atoms with E-state index in [2.05, 4.69) is 0 Å². The Labute approximate surface area is 178 Å². The number of sulfonamides is 1. The molecule has 8 nitrogen and oxygen atoms in total. The van der Waals surface area contributed by atoms with Crippen LogP contribution in [0.1, 0.15) is 22.3 Å². The number of carbonyl (C=O) groups is 1. The molecule has 0 saturated carbocycles. The lowest BCUT2D eigenvalue weighted by Crippen LogP contribution is -2.35. The summed E-state index contributed by atoms with van der Waals surface area (Å²) in [7, 11) is -3.77. The molecule has 0 aliphatic carbocycles. The molecule has 0 unspecified atom stereocenters. The number of non-ortho nitro benzene ring substituents is 1. The van der Waals surface area contributed by atoms with E-state index in [9.17, 15) is 23.3 Å². The Morgan fingerprint density at radius 1 is 0.968 bits per heavy atom. The highest BCUT2D eigenvalue weighted by Crippen LogP contribution is 2.31. The van der Waals surface area contributed by atoms with Crippen LogP contribution >= 0.6 is 0 Å². The van der Waals surface area contributed by atoms with Crippen molar-refractivity contribution in [3.63, 3.8) is 0 Å². The molecular weight excluding hydrogens is 420 g/mol. The van der Waals surface area contributed by atoms with Crippen molar-refractivity contribution in [3.8, 4) is 5.75 Å². The van der Waals surface area contributed by atoms with E-state index in [1.165, 1.54) is 52.8 Å². The smallest absolute Gasteiger partial charge is 0.343 e. The van der Waals surface area contributed by atoms with Gasteiger partial charge in [-0.25, -0.2) is 13.2 Å². The van der Waals surface area contributed by atoms with E-state index in [0.717, 1.165) is 18.4 Å². The average Bonchev–Trinajstić information content (AvgIpc) is 2.79. The summed E-state index contributed by atoms with van der Waals surface area (Å²) in [5.41, 5.74) is 1.71. The van der Waals surface area contributed by atoms with Gasteiger partial charge in [-0.15, -0.1) is 0 Å². The Morgan fingerprint density at radius 2 is 1.65 bits per heavy atom. The average molecular weight is 438 g/mol. The van der Waals surface area contributed by atoms with E-state index in [4.69, 9.17) is 4.74 Å². The molecule has 3 aromatic carbocycles. The molecule has 31 heavy (non-hydrogen) atoms. The maximum Gasteiger partial charge on any atom is 0.343 e. The first kappa shape index (κ1) is 20.5. The quantitative estimate of drug-likeness (QED) is 0.258. The summed E-state index contributed by atoms with van der Waals surface area (Å²) in [6.07, 6.45) is 1.56. The molecule has 0 radical (unpaired) electrons. The lowest BCUT2D eigenvalue weighted by molar-refractivity contribution is -0.384. The summed E-state index contributed by atoms with van der Waals surface area (Å²) < 4.78 is 32.9. The highest BCUT2D eigenvalue weighted by atomic mass is 32.2. The van der Waals surface area contributed by atoms with E-state index < -0.39 is 20.9 Å². The molecular formula is C22H18N2O6S. The van der Waals surface area contributed by atoms with Crippen LogP contribution in [-0.2, 0) is 16.4 Å². The summed E-state index contributed by atoms with van der Waals surface area (Å²) >= 11 is 0. The molecule has 0 bridgehead atoms. The van der Waals surface area contributed by atoms with Gasteiger partial charge >= 0.3 is 5.97 Å². The largest absolute Gasteiger partial charge is 0.423 e. The second kappa shape index (κ2) is 8.19. The molecule has 1 heterocycles. The van der Waals surface area contributed by atoms with Crippen molar-refractivity contribution in [2.75, 3.05) is 10.8 Å². The van der Waals surface area contributed by atoms with E-state index in [-0.39, 0.29) is 21.9 Å². The topological polar surface area (TPSA) is 107 Å². The highest BCUT2D eigenvalue weighted by molar-refractivity contribution is 7.92. The predicted molar refractivity (Wildman–Crippen MR) is 114 cm³/mol. The number of nitro groups is 1. The lowest BCUT2D eigenvalue weighted by Gasteiger charge is -2.30. The number of rotatable bonds is 5. The Morgan fingerprint density at radius 3 is 2.32 bits per heavy atom. The fourth-order valence-electron chi connectivity index (χ4n) is 3.44. The molecule has 3 aromatic rings. The first-order chi connectivity index (χ1) is 14.9. The third-order valence-corrected chi connectivity index (χ3v) is 6.83. The van der Waals surface area contributed by atoms with Gasteiger partial charge in [-0.05, 0) is 60.9 Å². The number of nitro benzene ring substituents is 1. The number of carbonyl (C=O) groups excluding carboxylic acids is 1. The first-order valence-corrected chi connectivity index (χ1v) is 11.0. The fourth-order valence-corrected chi connectivity index (χ4v) is 4.98. The number of anilines is 1. The number of para-hydroxylation sites is 1. The summed E-state index contributed by atoms with van der Waals surface area (Å²) in [4.78, 5) is 22.6. The van der Waals surface area contributed by atoms with Gasteiger partial charge in [-0.3, -0.25) is 14.4 Å². The third kappa shape index (κ3) is 4.13. The molecule has 158 valence electrons. The molecule has 1 aliphatic rings. The number of aryl methyl sites for hydroxylation is 1. The number of fused-ring (bicyclic) bond motifs is 1. The van der Waals surface area contributed by atoms with Crippen LogP contribution in [0.4, 0.5) is 11.4 Å². The minimum absolute atomic E-state index is 0.0797. The van der Waals surface area contributed by atoms with Gasteiger partial charge in [0.2, 0.25) is 0 Å². The zero-order chi connectivity index (χ0) is 22.0. The van der Waals surface area contributed by atoms with Crippen molar-refractivity contribution in [1.29, 1.82) is 0 Å². The standard InChI is InChI=1S/C22H18N2O6S/c25-22(30-19-11-9-18(10-12-19)24(26)27)17-7-13-20(14-8-17)31(28,29)23-15-3-5-16-4-1-2-6-21(16)23/h1-2,4,6-14H,3,5,15H2. The van der Waals surface area contributed by atoms with Gasteiger partial charge in [-0.1, -0.05) is 18.2 Å². The van der Waals surface area contributed by atoms with Gasteiger partial charge in [0.1, 0.15) is 5.75 Å². The molecule has 1 aliphatic heterocycles. The number of hydrogen-bond acceptors (Lipinski definition) is 6. The van der Waals surface area contributed by atoms with Crippen LogP contribution in [0, 0.1) is 10.1 Å². The van der Waals surface area contributed by atoms with Crippen molar-refractivity contribution < 1.29 is 22.9 Å². The molecule has 4 rings (SSSR count). The normalized spacial score (nSPS) is 13.4. The summed E-state index contributed by atoms with van der Waals surface area (Å²) in [5.74, 6) is -0.543. The Bertz CT molecular complexity index is 1240. The molecule has 0 fully saturated rings. The molecule has 9 heteroatoms. The zero-order valence-corrected chi connectivity index (χ0v) is 17.1. The van der Waals surface area contributed by atoms with E-state index in [0.29, 0.717) is 12.2 Å². The number of esters is 1. The van der Waals surface area contributed by atoms with Crippen molar-refractivity contribution in [2.45, 2.75) is 17.7 Å². The molecule has 0 amide bonds. The van der Waals surface area contributed by atoms with Crippen molar-refractivity contribution in [1.82, 2.24) is 0 Å². The lowest BCUT2D eigenvalue weighted by atomic mass is 10.0. The molecule has 0 spiro atoms. The molecule has 0 N–H and O–H groups in total. The van der Waals surface area contributed by atoms with Crippen LogP contribution in [0.15, 0.2) is 77.7 Å². The fraction of sp³-hybridized carbons (Fsp3) is 0.136. The molecule has 0 saturated heterocycles. The minimum atomic E-state index is -3.77. The third-order valence-electron chi connectivity index (χ3n) is 5.00. The van der Waals surface area contributed by atoms with Gasteiger partial charge < -0.3 is 4.74 Å². The highest BCUT2D eigenvalue weighted by Gasteiger charge is 2.29. The number of benzene rings is 3. The Kier molecular flexibility index (Phi) is 5.43. The van der Waals surface area contributed by atoms with Gasteiger partial charge in [0.05, 0.1) is 21.1 Å². The van der Waals surface area contributed by atoms with Crippen molar-refractivity contribution >= 4 is 27.4 Å². The van der Waals surface area contributed by atoms with Crippen LogP contribution < -0.4 is 9.04 Å². The maximum absolute atomic E-state index is 13.2. The van der Waals surface area contributed by atoms with E-state index >= 15 is 0 Å². The SMILES string of the molecule is O=C(Oc1ccc([N+](=O)[O-])cc1)c1ccc(S(=O)(=O)N2CCCc3ccccc32)cc1. The second-order valence-electron chi connectivity index (χ2n) is 6.97. The Hall–Kier alpha value is -3.72.